The summed E-state index contributed by atoms with van der Waals surface area (Å²) in [6.45, 7) is 7.44. The molecule has 0 aliphatic rings. The van der Waals surface area contributed by atoms with Gasteiger partial charge in [-0.2, -0.15) is 0 Å². The molecule has 0 aliphatic heterocycles. The second-order valence-electron chi connectivity index (χ2n) is 2.57. The van der Waals surface area contributed by atoms with Gasteiger partial charge >= 0.3 is 0 Å². The van der Waals surface area contributed by atoms with Crippen molar-refractivity contribution in [1.82, 2.24) is 0 Å². The Hall–Kier alpha value is -0.830. The molecule has 0 saturated heterocycles. The molecule has 0 fully saturated rings. The number of hydrogen-bond donors (Lipinski definition) is 0. The van der Waals surface area contributed by atoms with E-state index in [9.17, 15) is 0 Å². The molecule has 13 heavy (non-hydrogen) atoms. The topological polar surface area (TPSA) is 0 Å². The molecular formula is C12H11I. The van der Waals surface area contributed by atoms with Crippen LogP contribution in [0.25, 0.3) is 5.57 Å². The van der Waals surface area contributed by atoms with Crippen LogP contribution in [0.2, 0.25) is 0 Å². The molecule has 66 valence electrons. The fourth-order valence-corrected chi connectivity index (χ4v) is 1.62. The Balaban J connectivity index is 3.12. The van der Waals surface area contributed by atoms with Crippen LogP contribution in [0.5, 0.6) is 0 Å². The molecule has 0 amide bonds. The first-order valence-electron chi connectivity index (χ1n) is 3.99. The van der Waals surface area contributed by atoms with Crippen LogP contribution in [-0.2, 0) is 0 Å². The summed E-state index contributed by atoms with van der Waals surface area (Å²) in [7, 11) is 0. The Morgan fingerprint density at radius 2 is 2.08 bits per heavy atom. The van der Waals surface area contributed by atoms with Gasteiger partial charge in [0.15, 0.2) is 0 Å². The third-order valence-corrected chi connectivity index (χ3v) is 2.35. The van der Waals surface area contributed by atoms with Crippen LogP contribution in [0.4, 0.5) is 0 Å². The summed E-state index contributed by atoms with van der Waals surface area (Å²) < 4.78 is 1.23. The predicted molar refractivity (Wildman–Crippen MR) is 67.5 cm³/mol. The van der Waals surface area contributed by atoms with Gasteiger partial charge in [-0.15, -0.1) is 0 Å². The van der Waals surface area contributed by atoms with Gasteiger partial charge in [0.1, 0.15) is 0 Å². The normalized spacial score (nSPS) is 11.0. The lowest BCUT2D eigenvalue weighted by atomic mass is 10.1. The minimum atomic E-state index is 1.11. The van der Waals surface area contributed by atoms with Crippen molar-refractivity contribution < 1.29 is 0 Å². The largest absolute Gasteiger partial charge is 0.0990 e. The maximum Gasteiger partial charge on any atom is 0.0136 e. The van der Waals surface area contributed by atoms with Crippen molar-refractivity contribution in [2.75, 3.05) is 0 Å². The fourth-order valence-electron chi connectivity index (χ4n) is 1.08. The van der Waals surface area contributed by atoms with Crippen molar-refractivity contribution in [2.45, 2.75) is 0 Å². The van der Waals surface area contributed by atoms with Crippen molar-refractivity contribution in [3.05, 3.63) is 64.8 Å². The van der Waals surface area contributed by atoms with E-state index in [2.05, 4.69) is 53.9 Å². The number of rotatable bonds is 3. The van der Waals surface area contributed by atoms with Gasteiger partial charge in [0, 0.05) is 3.57 Å². The summed E-state index contributed by atoms with van der Waals surface area (Å²) in [4.78, 5) is 0. The molecular weight excluding hydrogens is 271 g/mol. The fraction of sp³-hybridized carbons (Fsp3) is 0. The van der Waals surface area contributed by atoms with Crippen molar-refractivity contribution in [3.8, 4) is 0 Å². The van der Waals surface area contributed by atoms with E-state index in [0.717, 1.165) is 5.57 Å². The summed E-state index contributed by atoms with van der Waals surface area (Å²) in [6, 6.07) is 8.30. The highest BCUT2D eigenvalue weighted by Crippen LogP contribution is 2.17. The molecule has 0 nitrogen and oxygen atoms in total. The van der Waals surface area contributed by atoms with Gasteiger partial charge in [-0.05, 0) is 45.9 Å². The number of halogens is 1. The van der Waals surface area contributed by atoms with E-state index in [1.807, 2.05) is 18.2 Å². The lowest BCUT2D eigenvalue weighted by Crippen LogP contribution is -1.80. The molecule has 1 rings (SSSR count). The van der Waals surface area contributed by atoms with Crippen molar-refractivity contribution in [1.29, 1.82) is 0 Å². The third kappa shape index (κ3) is 2.84. The number of hydrogen-bond acceptors (Lipinski definition) is 0. The maximum atomic E-state index is 3.77. The number of allylic oxidation sites excluding steroid dienone is 4. The Kier molecular flexibility index (Phi) is 3.96. The van der Waals surface area contributed by atoms with E-state index in [0.29, 0.717) is 0 Å². The van der Waals surface area contributed by atoms with Crippen LogP contribution in [-0.4, -0.2) is 0 Å². The average Bonchev–Trinajstić information content (AvgIpc) is 2.14. The smallest absolute Gasteiger partial charge is 0.0136 e. The van der Waals surface area contributed by atoms with E-state index in [-0.39, 0.29) is 0 Å². The first-order chi connectivity index (χ1) is 6.27. The van der Waals surface area contributed by atoms with Crippen LogP contribution in [0.3, 0.4) is 0 Å². The van der Waals surface area contributed by atoms with Gasteiger partial charge in [0.05, 0.1) is 0 Å². The standard InChI is InChI=1S/C12H11I/c1-3-6-10(4-2)11-7-5-8-12(13)9-11/h3-9H,1-2H2/b10-6+. The van der Waals surface area contributed by atoms with E-state index in [4.69, 9.17) is 0 Å². The SMILES string of the molecule is C=C/C=C(\C=C)c1cccc(I)c1. The molecule has 0 aliphatic carbocycles. The third-order valence-electron chi connectivity index (χ3n) is 1.68. The molecule has 0 atom stereocenters. The van der Waals surface area contributed by atoms with Gasteiger partial charge in [-0.25, -0.2) is 0 Å². The minimum absolute atomic E-state index is 1.11. The molecule has 0 radical (unpaired) electrons. The second kappa shape index (κ2) is 5.02. The summed E-state index contributed by atoms with van der Waals surface area (Å²) in [6.07, 6.45) is 5.57. The Bertz CT molecular complexity index is 348. The minimum Gasteiger partial charge on any atom is -0.0990 e. The zero-order valence-corrected chi connectivity index (χ0v) is 9.49. The van der Waals surface area contributed by atoms with Gasteiger partial charge in [0.2, 0.25) is 0 Å². The average molecular weight is 282 g/mol. The molecule has 1 aromatic carbocycles. The summed E-state index contributed by atoms with van der Waals surface area (Å²) in [5.41, 5.74) is 2.29. The zero-order chi connectivity index (χ0) is 9.68. The monoisotopic (exact) mass is 282 g/mol. The van der Waals surface area contributed by atoms with Gasteiger partial charge in [-0.1, -0.05) is 43.5 Å². The Labute approximate surface area is 92.8 Å². The van der Waals surface area contributed by atoms with E-state index in [1.165, 1.54) is 9.13 Å². The zero-order valence-electron chi connectivity index (χ0n) is 7.33. The van der Waals surface area contributed by atoms with Crippen molar-refractivity contribution >= 4 is 28.2 Å². The van der Waals surface area contributed by atoms with Crippen LogP contribution in [0.15, 0.2) is 55.7 Å². The second-order valence-corrected chi connectivity index (χ2v) is 3.82. The number of benzene rings is 1. The molecule has 0 aromatic heterocycles. The van der Waals surface area contributed by atoms with Crippen LogP contribution in [0.1, 0.15) is 5.56 Å². The lowest BCUT2D eigenvalue weighted by Gasteiger charge is -2.01. The van der Waals surface area contributed by atoms with Gasteiger partial charge in [-0.3, -0.25) is 0 Å². The summed E-state index contributed by atoms with van der Waals surface area (Å²) in [5, 5.41) is 0. The molecule has 1 heteroatoms. The van der Waals surface area contributed by atoms with Crippen LogP contribution in [0, 0.1) is 3.57 Å². The summed E-state index contributed by atoms with van der Waals surface area (Å²) in [5.74, 6) is 0. The van der Waals surface area contributed by atoms with Crippen LogP contribution >= 0.6 is 22.6 Å². The molecule has 0 bridgehead atoms. The van der Waals surface area contributed by atoms with Gasteiger partial charge in [0.25, 0.3) is 0 Å². The predicted octanol–water partition coefficient (Wildman–Crippen LogP) is 4.05. The Morgan fingerprint density at radius 1 is 1.31 bits per heavy atom. The lowest BCUT2D eigenvalue weighted by molar-refractivity contribution is 1.58. The van der Waals surface area contributed by atoms with Gasteiger partial charge < -0.3 is 0 Å². The Morgan fingerprint density at radius 3 is 2.62 bits per heavy atom. The molecule has 1 aromatic rings. The van der Waals surface area contributed by atoms with E-state index < -0.39 is 0 Å². The van der Waals surface area contributed by atoms with Crippen molar-refractivity contribution in [2.24, 2.45) is 0 Å². The van der Waals surface area contributed by atoms with Crippen LogP contribution < -0.4 is 0 Å². The highest BCUT2D eigenvalue weighted by Gasteiger charge is 1.95. The molecule has 0 saturated carbocycles. The molecule has 0 heterocycles. The summed E-state index contributed by atoms with van der Waals surface area (Å²) >= 11 is 2.30. The van der Waals surface area contributed by atoms with E-state index >= 15 is 0 Å². The molecule has 0 spiro atoms. The maximum absolute atomic E-state index is 3.77. The van der Waals surface area contributed by atoms with Crippen molar-refractivity contribution in [3.63, 3.8) is 0 Å². The first kappa shape index (κ1) is 10.3. The molecule has 0 unspecified atom stereocenters. The van der Waals surface area contributed by atoms with E-state index in [1.54, 1.807) is 6.08 Å². The first-order valence-corrected chi connectivity index (χ1v) is 5.07. The molecule has 0 N–H and O–H groups in total. The highest BCUT2D eigenvalue weighted by atomic mass is 127. The highest BCUT2D eigenvalue weighted by molar-refractivity contribution is 14.1. The quantitative estimate of drug-likeness (QED) is 0.579.